The van der Waals surface area contributed by atoms with Gasteiger partial charge in [-0.3, -0.25) is 20.4 Å². The Labute approximate surface area is 160 Å². The highest BCUT2D eigenvalue weighted by Crippen LogP contribution is 2.23. The Morgan fingerprint density at radius 2 is 1.74 bits per heavy atom. The predicted molar refractivity (Wildman–Crippen MR) is 103 cm³/mol. The van der Waals surface area contributed by atoms with Gasteiger partial charge in [0.15, 0.2) is 0 Å². The first-order chi connectivity index (χ1) is 13.1. The first kappa shape index (κ1) is 18.7. The molecule has 2 N–H and O–H groups in total. The highest BCUT2D eigenvalue weighted by atomic mass is 32.1. The van der Waals surface area contributed by atoms with E-state index >= 15 is 0 Å². The number of aryl methyl sites for hydroxylation is 1. The van der Waals surface area contributed by atoms with Crippen molar-refractivity contribution in [2.45, 2.75) is 12.8 Å². The molecule has 0 radical (unpaired) electrons. The van der Waals surface area contributed by atoms with E-state index in [0.717, 1.165) is 15.2 Å². The summed E-state index contributed by atoms with van der Waals surface area (Å²) in [6.45, 7) is 0. The quantitative estimate of drug-likeness (QED) is 0.637. The number of hydrogen-bond acceptors (Lipinski definition) is 6. The van der Waals surface area contributed by atoms with Crippen LogP contribution in [0.25, 0.3) is 10.2 Å². The summed E-state index contributed by atoms with van der Waals surface area (Å²) in [5.74, 6) is 0.223. The Morgan fingerprint density at radius 1 is 1.04 bits per heavy atom. The number of hydrogen-bond donors (Lipinski definition) is 2. The molecule has 140 valence electrons. The van der Waals surface area contributed by atoms with Gasteiger partial charge in [-0.25, -0.2) is 4.98 Å². The summed E-state index contributed by atoms with van der Waals surface area (Å²) < 4.78 is 11.4. The van der Waals surface area contributed by atoms with Crippen molar-refractivity contribution < 1.29 is 19.1 Å². The number of carbonyl (C=O) groups is 2. The van der Waals surface area contributed by atoms with Crippen molar-refractivity contribution in [1.29, 1.82) is 0 Å². The Morgan fingerprint density at radius 3 is 2.41 bits per heavy atom. The molecule has 0 unspecified atom stereocenters. The number of rotatable bonds is 6. The van der Waals surface area contributed by atoms with Gasteiger partial charge in [0.05, 0.1) is 29.4 Å². The van der Waals surface area contributed by atoms with E-state index in [1.807, 2.05) is 24.3 Å². The lowest BCUT2D eigenvalue weighted by Gasteiger charge is -2.10. The third-order valence-electron chi connectivity index (χ3n) is 3.83. The van der Waals surface area contributed by atoms with Crippen LogP contribution in [0.4, 0.5) is 0 Å². The lowest BCUT2D eigenvalue weighted by Crippen LogP contribution is -2.41. The summed E-state index contributed by atoms with van der Waals surface area (Å²) >= 11 is 1.56. The van der Waals surface area contributed by atoms with Crippen molar-refractivity contribution in [1.82, 2.24) is 15.8 Å². The van der Waals surface area contributed by atoms with E-state index in [2.05, 4.69) is 15.8 Å². The molecule has 7 nitrogen and oxygen atoms in total. The topological polar surface area (TPSA) is 89.5 Å². The number of aromatic nitrogens is 1. The highest BCUT2D eigenvalue weighted by Gasteiger charge is 2.12. The average molecular weight is 385 g/mol. The summed E-state index contributed by atoms with van der Waals surface area (Å²) in [5.41, 5.74) is 6.06. The molecule has 0 spiro atoms. The van der Waals surface area contributed by atoms with E-state index in [1.54, 1.807) is 29.5 Å². The molecule has 0 bridgehead atoms. The Bertz CT molecular complexity index is 915. The van der Waals surface area contributed by atoms with Crippen LogP contribution in [0.5, 0.6) is 11.5 Å². The first-order valence-corrected chi connectivity index (χ1v) is 9.07. The first-order valence-electron chi connectivity index (χ1n) is 8.25. The van der Waals surface area contributed by atoms with Crippen LogP contribution in [0.3, 0.4) is 0 Å². The zero-order valence-electron chi connectivity index (χ0n) is 14.9. The molecule has 0 aliphatic heterocycles. The molecule has 0 atom stereocenters. The number of amides is 2. The van der Waals surface area contributed by atoms with Gasteiger partial charge >= 0.3 is 0 Å². The maximum absolute atomic E-state index is 12.2. The van der Waals surface area contributed by atoms with Gasteiger partial charge in [-0.05, 0) is 24.3 Å². The minimum Gasteiger partial charge on any atom is -0.497 e. The number of methoxy groups -OCH3 is 2. The molecule has 8 heteroatoms. The van der Waals surface area contributed by atoms with Gasteiger partial charge in [-0.2, -0.15) is 0 Å². The second-order valence-electron chi connectivity index (χ2n) is 5.68. The molecule has 0 aliphatic rings. The summed E-state index contributed by atoms with van der Waals surface area (Å²) in [4.78, 5) is 28.7. The van der Waals surface area contributed by atoms with Gasteiger partial charge in [-0.1, -0.05) is 12.1 Å². The minimum atomic E-state index is -0.458. The smallest absolute Gasteiger partial charge is 0.269 e. The van der Waals surface area contributed by atoms with Gasteiger partial charge < -0.3 is 9.47 Å². The normalized spacial score (nSPS) is 10.4. The number of ether oxygens (including phenoxy) is 2. The second kappa shape index (κ2) is 8.50. The Hall–Kier alpha value is -3.13. The second-order valence-corrected chi connectivity index (χ2v) is 6.79. The molecule has 0 saturated heterocycles. The van der Waals surface area contributed by atoms with Crippen LogP contribution >= 0.6 is 11.3 Å². The number of thiazole rings is 1. The largest absolute Gasteiger partial charge is 0.497 e. The van der Waals surface area contributed by atoms with Crippen molar-refractivity contribution in [3.63, 3.8) is 0 Å². The van der Waals surface area contributed by atoms with E-state index in [0.29, 0.717) is 23.5 Å². The van der Waals surface area contributed by atoms with Crippen LogP contribution in [0, 0.1) is 0 Å². The van der Waals surface area contributed by atoms with E-state index in [4.69, 9.17) is 9.47 Å². The predicted octanol–water partition coefficient (Wildman–Crippen LogP) is 2.71. The molecule has 1 heterocycles. The third kappa shape index (κ3) is 4.73. The fourth-order valence-corrected chi connectivity index (χ4v) is 3.41. The Balaban J connectivity index is 1.53. The number of hydrazine groups is 1. The van der Waals surface area contributed by atoms with Gasteiger partial charge in [0.25, 0.3) is 5.91 Å². The van der Waals surface area contributed by atoms with Crippen LogP contribution in [0.2, 0.25) is 0 Å². The fraction of sp³-hybridized carbons (Fsp3) is 0.211. The molecule has 0 saturated carbocycles. The molecule has 3 rings (SSSR count). The molecule has 2 aromatic carbocycles. The van der Waals surface area contributed by atoms with Crippen molar-refractivity contribution in [2.75, 3.05) is 14.2 Å². The molecule has 0 aliphatic carbocycles. The standard InChI is InChI=1S/C19H19N3O4S/c1-25-13-9-12(10-14(11-13)26-2)19(24)22-21-17(23)7-8-18-20-15-5-3-4-6-16(15)27-18/h3-6,9-11H,7-8H2,1-2H3,(H,21,23)(H,22,24). The van der Waals surface area contributed by atoms with Gasteiger partial charge in [0.2, 0.25) is 5.91 Å². The summed E-state index contributed by atoms with van der Waals surface area (Å²) in [6, 6.07) is 12.6. The maximum Gasteiger partial charge on any atom is 0.269 e. The lowest BCUT2D eigenvalue weighted by molar-refractivity contribution is -0.121. The number of nitrogens with zero attached hydrogens (tertiary/aromatic N) is 1. The molecule has 2 amide bonds. The number of carbonyl (C=O) groups excluding carboxylic acids is 2. The SMILES string of the molecule is COc1cc(OC)cc(C(=O)NNC(=O)CCc2nc3ccccc3s2)c1. The summed E-state index contributed by atoms with van der Waals surface area (Å²) in [6.07, 6.45) is 0.732. The number of nitrogens with one attached hydrogen (secondary N) is 2. The maximum atomic E-state index is 12.2. The van der Waals surface area contributed by atoms with E-state index in [9.17, 15) is 9.59 Å². The molecule has 3 aromatic rings. The lowest BCUT2D eigenvalue weighted by atomic mass is 10.2. The fourth-order valence-electron chi connectivity index (χ4n) is 2.45. The zero-order valence-corrected chi connectivity index (χ0v) is 15.8. The van der Waals surface area contributed by atoms with Crippen molar-refractivity contribution in [3.8, 4) is 11.5 Å². The minimum absolute atomic E-state index is 0.224. The summed E-state index contributed by atoms with van der Waals surface area (Å²) in [7, 11) is 3.00. The van der Waals surface area contributed by atoms with Crippen LogP contribution in [-0.4, -0.2) is 31.0 Å². The number of fused-ring (bicyclic) bond motifs is 1. The number of para-hydroxylation sites is 1. The van der Waals surface area contributed by atoms with Crippen LogP contribution in [0.15, 0.2) is 42.5 Å². The molecule has 0 fully saturated rings. The Kier molecular flexibility index (Phi) is 5.87. The molecular formula is C19H19N3O4S. The van der Waals surface area contributed by atoms with Gasteiger partial charge in [0.1, 0.15) is 11.5 Å². The van der Waals surface area contributed by atoms with Crippen LogP contribution < -0.4 is 20.3 Å². The van der Waals surface area contributed by atoms with Crippen molar-refractivity contribution >= 4 is 33.4 Å². The monoisotopic (exact) mass is 385 g/mol. The van der Waals surface area contributed by atoms with E-state index in [-0.39, 0.29) is 12.3 Å². The van der Waals surface area contributed by atoms with E-state index < -0.39 is 5.91 Å². The zero-order chi connectivity index (χ0) is 19.2. The molecular weight excluding hydrogens is 366 g/mol. The van der Waals surface area contributed by atoms with Crippen LogP contribution in [0.1, 0.15) is 21.8 Å². The van der Waals surface area contributed by atoms with Gasteiger partial charge in [0, 0.05) is 24.5 Å². The van der Waals surface area contributed by atoms with E-state index in [1.165, 1.54) is 14.2 Å². The highest BCUT2D eigenvalue weighted by molar-refractivity contribution is 7.18. The van der Waals surface area contributed by atoms with Crippen molar-refractivity contribution in [2.24, 2.45) is 0 Å². The summed E-state index contributed by atoms with van der Waals surface area (Å²) in [5, 5.41) is 0.884. The van der Waals surface area contributed by atoms with Crippen LogP contribution in [-0.2, 0) is 11.2 Å². The average Bonchev–Trinajstić information content (AvgIpc) is 3.13. The van der Waals surface area contributed by atoms with Crippen molar-refractivity contribution in [3.05, 3.63) is 53.0 Å². The molecule has 1 aromatic heterocycles. The number of benzene rings is 2. The van der Waals surface area contributed by atoms with Gasteiger partial charge in [-0.15, -0.1) is 11.3 Å². The third-order valence-corrected chi connectivity index (χ3v) is 4.93. The molecule has 27 heavy (non-hydrogen) atoms.